The molecule has 0 aliphatic heterocycles. The SMILES string of the molecule is Cc1cc2[nH]c(-c3ccc(NC(=O)c4ccc(-c5cnco5)cc4)cc3)[n+](O)c2cc1N=O. The molecule has 5 rings (SSSR count). The smallest absolute Gasteiger partial charge is 0.327 e. The number of benzene rings is 3. The molecule has 0 saturated carbocycles. The first kappa shape index (κ1) is 20.1. The first-order valence-corrected chi connectivity index (χ1v) is 10.0. The van der Waals surface area contributed by atoms with E-state index in [-0.39, 0.29) is 11.6 Å². The Bertz CT molecular complexity index is 1470. The fourth-order valence-corrected chi connectivity index (χ4v) is 3.61. The van der Waals surface area contributed by atoms with Gasteiger partial charge in [0.2, 0.25) is 5.52 Å². The summed E-state index contributed by atoms with van der Waals surface area (Å²) in [4.78, 5) is 30.6. The van der Waals surface area contributed by atoms with Gasteiger partial charge in [-0.1, -0.05) is 12.1 Å². The van der Waals surface area contributed by atoms with Crippen molar-refractivity contribution in [3.63, 3.8) is 0 Å². The van der Waals surface area contributed by atoms with Gasteiger partial charge in [0.1, 0.15) is 5.69 Å². The lowest BCUT2D eigenvalue weighted by molar-refractivity contribution is -0.875. The Hall–Kier alpha value is -4.79. The highest BCUT2D eigenvalue weighted by molar-refractivity contribution is 6.04. The predicted molar refractivity (Wildman–Crippen MR) is 121 cm³/mol. The average Bonchev–Trinajstić information content (AvgIpc) is 3.48. The number of hydrogen-bond acceptors (Lipinski definition) is 6. The maximum Gasteiger partial charge on any atom is 0.327 e. The topological polar surface area (TPSA) is 124 Å². The maximum atomic E-state index is 12.6. The second-order valence-electron chi connectivity index (χ2n) is 7.51. The third-order valence-electron chi connectivity index (χ3n) is 5.39. The molecule has 3 aromatic carbocycles. The van der Waals surface area contributed by atoms with Gasteiger partial charge >= 0.3 is 5.82 Å². The van der Waals surface area contributed by atoms with E-state index >= 15 is 0 Å². The van der Waals surface area contributed by atoms with E-state index in [0.717, 1.165) is 10.3 Å². The molecular weight excluding hydrogens is 422 g/mol. The van der Waals surface area contributed by atoms with Crippen LogP contribution in [0.15, 0.2) is 82.8 Å². The highest BCUT2D eigenvalue weighted by Gasteiger charge is 2.22. The summed E-state index contributed by atoms with van der Waals surface area (Å²) in [6.07, 6.45) is 2.97. The number of amides is 1. The minimum Gasteiger partial charge on any atom is -0.444 e. The Morgan fingerprint density at radius 2 is 1.82 bits per heavy atom. The highest BCUT2D eigenvalue weighted by atomic mass is 16.5. The minimum atomic E-state index is -0.251. The second kappa shape index (κ2) is 8.04. The fourth-order valence-electron chi connectivity index (χ4n) is 3.61. The molecule has 33 heavy (non-hydrogen) atoms. The monoisotopic (exact) mass is 440 g/mol. The van der Waals surface area contributed by atoms with Crippen LogP contribution in [-0.2, 0) is 0 Å². The molecule has 0 saturated heterocycles. The third kappa shape index (κ3) is 3.72. The number of H-pyrrole nitrogens is 1. The van der Waals surface area contributed by atoms with E-state index < -0.39 is 0 Å². The molecule has 0 unspecified atom stereocenters. The van der Waals surface area contributed by atoms with Crippen molar-refractivity contribution in [1.82, 2.24) is 9.97 Å². The van der Waals surface area contributed by atoms with Crippen LogP contribution in [0.4, 0.5) is 11.4 Å². The van der Waals surface area contributed by atoms with Crippen LogP contribution in [0.2, 0.25) is 0 Å². The van der Waals surface area contributed by atoms with Gasteiger partial charge in [0.05, 0.1) is 11.8 Å². The number of aryl methyl sites for hydroxylation is 1. The first-order valence-electron chi connectivity index (χ1n) is 10.0. The lowest BCUT2D eigenvalue weighted by Crippen LogP contribution is -2.30. The van der Waals surface area contributed by atoms with Gasteiger partial charge in [0, 0.05) is 22.9 Å². The molecule has 0 spiro atoms. The zero-order valence-corrected chi connectivity index (χ0v) is 17.4. The summed E-state index contributed by atoms with van der Waals surface area (Å²) in [5.74, 6) is 0.817. The number of fused-ring (bicyclic) bond motifs is 1. The van der Waals surface area contributed by atoms with Gasteiger partial charge in [-0.15, -0.1) is 4.91 Å². The lowest BCUT2D eigenvalue weighted by Gasteiger charge is -2.06. The molecule has 9 heteroatoms. The molecule has 5 aromatic rings. The number of nitrogens with one attached hydrogen (secondary N) is 2. The molecule has 0 aliphatic rings. The van der Waals surface area contributed by atoms with Gasteiger partial charge in [0.15, 0.2) is 17.7 Å². The summed E-state index contributed by atoms with van der Waals surface area (Å²) < 4.78 is 6.24. The standard InChI is InChI=1S/C24H17N5O4/c1-14-10-20-21(11-19(14)28-31)29(32)23(27-20)16-6-8-18(9-7-16)26-24(30)17-4-2-15(3-5-17)22-12-25-13-33-22/h2-13,32H,1H3,(H,26,27,30,31)/p+1. The molecule has 0 aliphatic carbocycles. The fraction of sp³-hybridized carbons (Fsp3) is 0.0417. The summed E-state index contributed by atoms with van der Waals surface area (Å²) in [5.41, 5.74) is 4.71. The molecule has 1 amide bonds. The number of rotatable bonds is 5. The third-order valence-corrected chi connectivity index (χ3v) is 5.39. The number of carbonyl (C=O) groups is 1. The molecule has 162 valence electrons. The molecule has 0 radical (unpaired) electrons. The number of anilines is 1. The normalized spacial score (nSPS) is 10.9. The van der Waals surface area contributed by atoms with Crippen LogP contribution in [0, 0.1) is 11.8 Å². The van der Waals surface area contributed by atoms with Crippen LogP contribution in [0.1, 0.15) is 15.9 Å². The molecule has 0 fully saturated rings. The molecule has 9 nitrogen and oxygen atoms in total. The number of carbonyl (C=O) groups excluding carboxylic acids is 1. The van der Waals surface area contributed by atoms with Crippen molar-refractivity contribution in [2.45, 2.75) is 6.92 Å². The van der Waals surface area contributed by atoms with E-state index in [1.165, 1.54) is 12.5 Å². The summed E-state index contributed by atoms with van der Waals surface area (Å²) in [5, 5.41) is 16.4. The van der Waals surface area contributed by atoms with E-state index in [2.05, 4.69) is 20.5 Å². The Balaban J connectivity index is 1.35. The first-order chi connectivity index (χ1) is 16.0. The van der Waals surface area contributed by atoms with Gasteiger partial charge in [0.25, 0.3) is 5.91 Å². The minimum absolute atomic E-state index is 0.251. The molecule has 0 bridgehead atoms. The van der Waals surface area contributed by atoms with E-state index in [1.807, 2.05) is 0 Å². The highest BCUT2D eigenvalue weighted by Crippen LogP contribution is 2.26. The van der Waals surface area contributed by atoms with Crippen LogP contribution in [0.3, 0.4) is 0 Å². The van der Waals surface area contributed by atoms with Crippen molar-refractivity contribution >= 4 is 28.3 Å². The van der Waals surface area contributed by atoms with E-state index in [4.69, 9.17) is 4.42 Å². The predicted octanol–water partition coefficient (Wildman–Crippen LogP) is 4.97. The van der Waals surface area contributed by atoms with Crippen molar-refractivity contribution in [1.29, 1.82) is 0 Å². The van der Waals surface area contributed by atoms with Crippen molar-refractivity contribution in [3.8, 4) is 22.7 Å². The lowest BCUT2D eigenvalue weighted by atomic mass is 10.1. The molecule has 0 atom stereocenters. The van der Waals surface area contributed by atoms with Crippen LogP contribution in [-0.4, -0.2) is 21.1 Å². The van der Waals surface area contributed by atoms with Crippen LogP contribution >= 0.6 is 0 Å². The van der Waals surface area contributed by atoms with Gasteiger partial charge in [-0.2, -0.15) is 0 Å². The van der Waals surface area contributed by atoms with Crippen LogP contribution in [0.25, 0.3) is 33.7 Å². The number of aromatic amines is 1. The summed E-state index contributed by atoms with van der Waals surface area (Å²) in [7, 11) is 0. The van der Waals surface area contributed by atoms with Crippen molar-refractivity contribution in [2.24, 2.45) is 5.18 Å². The molecular formula is C24H18N5O4+. The van der Waals surface area contributed by atoms with E-state index in [9.17, 15) is 14.9 Å². The summed E-state index contributed by atoms with van der Waals surface area (Å²) >= 11 is 0. The molecule has 2 heterocycles. The Labute approximate surface area is 187 Å². The maximum absolute atomic E-state index is 12.6. The Morgan fingerprint density at radius 3 is 2.48 bits per heavy atom. The average molecular weight is 440 g/mol. The molecule has 3 N–H and O–H groups in total. The Kier molecular flexibility index (Phi) is 4.91. The van der Waals surface area contributed by atoms with E-state index in [0.29, 0.717) is 45.0 Å². The summed E-state index contributed by atoms with van der Waals surface area (Å²) in [6.45, 7) is 1.78. The number of oxazole rings is 1. The number of imidazole rings is 1. The molecule has 2 aromatic heterocycles. The Morgan fingerprint density at radius 1 is 1.09 bits per heavy atom. The zero-order valence-electron chi connectivity index (χ0n) is 17.4. The number of nitrogens with zero attached hydrogens (tertiary/aromatic N) is 3. The van der Waals surface area contributed by atoms with Crippen LogP contribution in [0.5, 0.6) is 0 Å². The second-order valence-corrected chi connectivity index (χ2v) is 7.51. The number of hydrogen-bond donors (Lipinski definition) is 3. The van der Waals surface area contributed by atoms with Crippen molar-refractivity contribution in [2.75, 3.05) is 5.32 Å². The summed E-state index contributed by atoms with van der Waals surface area (Å²) in [6, 6.07) is 17.3. The van der Waals surface area contributed by atoms with Crippen molar-refractivity contribution in [3.05, 3.63) is 89.3 Å². The van der Waals surface area contributed by atoms with E-state index in [1.54, 1.807) is 67.7 Å². The van der Waals surface area contributed by atoms with Crippen LogP contribution < -0.4 is 10.0 Å². The zero-order chi connectivity index (χ0) is 22.9. The number of aromatic nitrogens is 3. The van der Waals surface area contributed by atoms with Gasteiger partial charge in [-0.25, -0.2) is 9.97 Å². The van der Waals surface area contributed by atoms with Gasteiger partial charge in [-0.05, 0) is 64.9 Å². The quantitative estimate of drug-likeness (QED) is 0.202. The van der Waals surface area contributed by atoms with Gasteiger partial charge < -0.3 is 14.9 Å². The van der Waals surface area contributed by atoms with Gasteiger partial charge in [-0.3, -0.25) is 4.79 Å². The number of nitroso groups, excluding NO2 is 1. The largest absolute Gasteiger partial charge is 0.444 e. The van der Waals surface area contributed by atoms with Crippen molar-refractivity contribution < 1.29 is 19.1 Å².